The molecular formula is C10H15N3O2S2. The summed E-state index contributed by atoms with van der Waals surface area (Å²) in [6.45, 7) is 1.84. The molecule has 5 nitrogen and oxygen atoms in total. The highest BCUT2D eigenvalue weighted by Gasteiger charge is 2.49. The van der Waals surface area contributed by atoms with Gasteiger partial charge in [0.1, 0.15) is 11.4 Å². The van der Waals surface area contributed by atoms with Gasteiger partial charge in [0.05, 0.1) is 7.11 Å². The van der Waals surface area contributed by atoms with E-state index < -0.39 is 5.54 Å². The van der Waals surface area contributed by atoms with Crippen molar-refractivity contribution in [2.24, 2.45) is 11.7 Å². The third-order valence-electron chi connectivity index (χ3n) is 2.81. The van der Waals surface area contributed by atoms with E-state index in [9.17, 15) is 4.79 Å². The van der Waals surface area contributed by atoms with Gasteiger partial charge in [-0.1, -0.05) is 11.8 Å². The van der Waals surface area contributed by atoms with Crippen LogP contribution in [0, 0.1) is 12.8 Å². The quantitative estimate of drug-likeness (QED) is 0.642. The molecule has 1 aliphatic rings. The summed E-state index contributed by atoms with van der Waals surface area (Å²) in [7, 11) is 1.38. The molecule has 2 rings (SSSR count). The van der Waals surface area contributed by atoms with Crippen molar-refractivity contribution >= 4 is 29.3 Å². The fourth-order valence-corrected chi connectivity index (χ4v) is 3.49. The molecule has 1 saturated carbocycles. The molecule has 0 saturated heterocycles. The van der Waals surface area contributed by atoms with Crippen LogP contribution in [0.25, 0.3) is 0 Å². The number of nitrogens with zero attached hydrogens (tertiary/aromatic N) is 2. The van der Waals surface area contributed by atoms with Crippen molar-refractivity contribution < 1.29 is 9.53 Å². The van der Waals surface area contributed by atoms with Gasteiger partial charge in [-0.25, -0.2) is 4.98 Å². The molecule has 1 atom stereocenters. The fourth-order valence-electron chi connectivity index (χ4n) is 1.65. The first-order valence-electron chi connectivity index (χ1n) is 5.36. The van der Waals surface area contributed by atoms with Crippen molar-refractivity contribution in [1.29, 1.82) is 0 Å². The van der Waals surface area contributed by atoms with Crippen LogP contribution in [0.4, 0.5) is 0 Å². The number of hydrogen-bond acceptors (Lipinski definition) is 7. The lowest BCUT2D eigenvalue weighted by Gasteiger charge is -2.25. The van der Waals surface area contributed by atoms with Crippen LogP contribution in [-0.4, -0.2) is 33.7 Å². The summed E-state index contributed by atoms with van der Waals surface area (Å²) in [5.74, 6) is 1.17. The minimum Gasteiger partial charge on any atom is -0.468 e. The molecule has 2 N–H and O–H groups in total. The minimum absolute atomic E-state index is 0.247. The summed E-state index contributed by atoms with van der Waals surface area (Å²) in [4.78, 5) is 16.0. The Balaban J connectivity index is 2.01. The van der Waals surface area contributed by atoms with Gasteiger partial charge in [-0.05, 0) is 37.2 Å². The van der Waals surface area contributed by atoms with Crippen LogP contribution in [0.1, 0.15) is 18.7 Å². The van der Waals surface area contributed by atoms with E-state index in [0.29, 0.717) is 5.75 Å². The van der Waals surface area contributed by atoms with Gasteiger partial charge in [-0.2, -0.15) is 4.37 Å². The van der Waals surface area contributed by atoms with E-state index in [1.807, 2.05) is 6.92 Å². The molecule has 0 radical (unpaired) electrons. The molecule has 1 unspecified atom stereocenters. The molecule has 17 heavy (non-hydrogen) atoms. The second-order valence-corrected chi connectivity index (χ2v) is 6.18. The zero-order valence-electron chi connectivity index (χ0n) is 9.80. The number of carbonyl (C=O) groups excluding carboxylic acids is 1. The Labute approximate surface area is 108 Å². The third kappa shape index (κ3) is 2.78. The van der Waals surface area contributed by atoms with Gasteiger partial charge in [0, 0.05) is 5.75 Å². The number of aryl methyl sites for hydroxylation is 1. The highest BCUT2D eigenvalue weighted by molar-refractivity contribution is 8.01. The number of aromatic nitrogens is 2. The molecule has 1 heterocycles. The molecule has 0 amide bonds. The van der Waals surface area contributed by atoms with Gasteiger partial charge in [0.15, 0.2) is 4.34 Å². The van der Waals surface area contributed by atoms with E-state index in [0.717, 1.165) is 23.0 Å². The predicted molar refractivity (Wildman–Crippen MR) is 67.0 cm³/mol. The van der Waals surface area contributed by atoms with Crippen LogP contribution in [0.3, 0.4) is 0 Å². The van der Waals surface area contributed by atoms with Gasteiger partial charge in [0.2, 0.25) is 0 Å². The number of nitrogens with two attached hydrogens (primary N) is 1. The molecule has 0 spiro atoms. The topological polar surface area (TPSA) is 78.1 Å². The van der Waals surface area contributed by atoms with E-state index in [1.54, 1.807) is 0 Å². The zero-order valence-corrected chi connectivity index (χ0v) is 11.4. The summed E-state index contributed by atoms with van der Waals surface area (Å²) in [5, 5.41) is 0. The summed E-state index contributed by atoms with van der Waals surface area (Å²) in [6.07, 6.45) is 2.00. The third-order valence-corrected chi connectivity index (χ3v) is 4.96. The van der Waals surface area contributed by atoms with Crippen molar-refractivity contribution in [2.75, 3.05) is 12.9 Å². The molecule has 0 bridgehead atoms. The number of rotatable bonds is 5. The second-order valence-electron chi connectivity index (χ2n) is 4.20. The van der Waals surface area contributed by atoms with Crippen molar-refractivity contribution in [3.63, 3.8) is 0 Å². The Morgan fingerprint density at radius 1 is 1.71 bits per heavy atom. The summed E-state index contributed by atoms with van der Waals surface area (Å²) < 4.78 is 9.74. The summed E-state index contributed by atoms with van der Waals surface area (Å²) in [6, 6.07) is 0. The first kappa shape index (κ1) is 12.8. The number of hydrogen-bond donors (Lipinski definition) is 1. The molecule has 1 aromatic heterocycles. The van der Waals surface area contributed by atoms with E-state index >= 15 is 0 Å². The summed E-state index contributed by atoms with van der Waals surface area (Å²) in [5.41, 5.74) is 5.30. The van der Waals surface area contributed by atoms with E-state index in [-0.39, 0.29) is 11.9 Å². The Hall–Kier alpha value is -0.660. The van der Waals surface area contributed by atoms with E-state index in [1.165, 1.54) is 30.4 Å². The Kier molecular flexibility index (Phi) is 3.70. The number of esters is 1. The SMILES string of the molecule is COC(=O)C(N)(CSc1nc(C)ns1)C1CC1. The van der Waals surface area contributed by atoms with Crippen molar-refractivity contribution in [3.8, 4) is 0 Å². The molecule has 0 aromatic carbocycles. The van der Waals surface area contributed by atoms with Crippen LogP contribution < -0.4 is 5.73 Å². The monoisotopic (exact) mass is 273 g/mol. The number of ether oxygens (including phenoxy) is 1. The second kappa shape index (κ2) is 4.91. The van der Waals surface area contributed by atoms with E-state index in [2.05, 4.69) is 9.36 Å². The van der Waals surface area contributed by atoms with Crippen molar-refractivity contribution in [1.82, 2.24) is 9.36 Å². The Morgan fingerprint density at radius 2 is 2.41 bits per heavy atom. The molecule has 1 fully saturated rings. The lowest BCUT2D eigenvalue weighted by atomic mass is 9.97. The first-order chi connectivity index (χ1) is 8.06. The number of methoxy groups -OCH3 is 1. The average molecular weight is 273 g/mol. The van der Waals surface area contributed by atoms with Crippen LogP contribution in [0.5, 0.6) is 0 Å². The van der Waals surface area contributed by atoms with Gasteiger partial charge in [0.25, 0.3) is 0 Å². The van der Waals surface area contributed by atoms with Crippen LogP contribution >= 0.6 is 23.3 Å². The summed E-state index contributed by atoms with van der Waals surface area (Å²) >= 11 is 2.82. The Bertz CT molecular complexity index is 419. The predicted octanol–water partition coefficient (Wildman–Crippen LogP) is 1.22. The largest absolute Gasteiger partial charge is 0.468 e. The maximum Gasteiger partial charge on any atom is 0.327 e. The van der Waals surface area contributed by atoms with Crippen molar-refractivity contribution in [3.05, 3.63) is 5.82 Å². The molecule has 1 aliphatic carbocycles. The first-order valence-corrected chi connectivity index (χ1v) is 7.12. The maximum atomic E-state index is 11.7. The highest BCUT2D eigenvalue weighted by atomic mass is 32.2. The fraction of sp³-hybridized carbons (Fsp3) is 0.700. The van der Waals surface area contributed by atoms with Gasteiger partial charge in [-0.15, -0.1) is 0 Å². The Morgan fingerprint density at radius 3 is 2.88 bits per heavy atom. The molecular weight excluding hydrogens is 258 g/mol. The molecule has 0 aliphatic heterocycles. The lowest BCUT2D eigenvalue weighted by molar-refractivity contribution is -0.146. The van der Waals surface area contributed by atoms with Crippen molar-refractivity contribution in [2.45, 2.75) is 29.6 Å². The number of carbonyl (C=O) groups is 1. The van der Waals surface area contributed by atoms with Crippen LogP contribution in [0.15, 0.2) is 4.34 Å². The maximum absolute atomic E-state index is 11.7. The standard InChI is InChI=1S/C10H15N3O2S2/c1-6-12-9(17-13-6)16-5-10(11,7-3-4-7)8(14)15-2/h7H,3-5,11H2,1-2H3. The molecule has 7 heteroatoms. The van der Waals surface area contributed by atoms with Gasteiger partial charge in [-0.3, -0.25) is 4.79 Å². The smallest absolute Gasteiger partial charge is 0.327 e. The number of thioether (sulfide) groups is 1. The van der Waals surface area contributed by atoms with Gasteiger partial charge < -0.3 is 10.5 Å². The van der Waals surface area contributed by atoms with E-state index in [4.69, 9.17) is 10.5 Å². The average Bonchev–Trinajstić information content (AvgIpc) is 3.09. The normalized spacial score (nSPS) is 18.8. The lowest BCUT2D eigenvalue weighted by Crippen LogP contribution is -2.53. The minimum atomic E-state index is -0.876. The highest BCUT2D eigenvalue weighted by Crippen LogP contribution is 2.41. The zero-order chi connectivity index (χ0) is 12.5. The van der Waals surface area contributed by atoms with Crippen LogP contribution in [0.2, 0.25) is 0 Å². The molecule has 1 aromatic rings. The van der Waals surface area contributed by atoms with Gasteiger partial charge >= 0.3 is 5.97 Å². The molecule has 94 valence electrons. The van der Waals surface area contributed by atoms with Crippen LogP contribution in [-0.2, 0) is 9.53 Å².